The Kier molecular flexibility index (Phi) is 3.70. The lowest BCUT2D eigenvalue weighted by atomic mass is 10.0. The third kappa shape index (κ3) is 2.27. The number of thiophene rings is 1. The average Bonchev–Trinajstić information content (AvgIpc) is 3.22. The van der Waals surface area contributed by atoms with Crippen LogP contribution in [-0.4, -0.2) is 26.8 Å². The zero-order valence-corrected chi connectivity index (χ0v) is 14.4. The van der Waals surface area contributed by atoms with Gasteiger partial charge in [-0.05, 0) is 37.6 Å². The number of hydrogen-bond donors (Lipinski definition) is 0. The molecule has 3 atom stereocenters. The molecule has 1 fully saturated rings. The van der Waals surface area contributed by atoms with Crippen LogP contribution in [0.5, 0.6) is 0 Å². The maximum Gasteiger partial charge on any atom is 0.160 e. The molecule has 2 aromatic rings. The van der Waals surface area contributed by atoms with Gasteiger partial charge in [0.2, 0.25) is 0 Å². The summed E-state index contributed by atoms with van der Waals surface area (Å²) < 4.78 is 0. The van der Waals surface area contributed by atoms with Crippen molar-refractivity contribution >= 4 is 28.3 Å². The number of hydrogen-bond acceptors (Lipinski definition) is 5. The van der Waals surface area contributed by atoms with Crippen molar-refractivity contribution < 1.29 is 0 Å². The van der Waals surface area contributed by atoms with Crippen LogP contribution in [0.3, 0.4) is 0 Å². The summed E-state index contributed by atoms with van der Waals surface area (Å²) in [7, 11) is 0. The number of amidine groups is 1. The predicted octanol–water partition coefficient (Wildman–Crippen LogP) is 4.43. The molecule has 0 amide bonds. The van der Waals surface area contributed by atoms with Gasteiger partial charge < -0.3 is 4.90 Å². The normalized spacial score (nSPS) is 27.1. The molecule has 0 N–H and O–H groups in total. The molecule has 22 heavy (non-hydrogen) atoms. The summed E-state index contributed by atoms with van der Waals surface area (Å²) in [6.07, 6.45) is 3.04. The van der Waals surface area contributed by atoms with Crippen molar-refractivity contribution in [2.24, 2.45) is 4.99 Å². The molecule has 2 aliphatic heterocycles. The highest BCUT2D eigenvalue weighted by Crippen LogP contribution is 2.49. The van der Waals surface area contributed by atoms with Gasteiger partial charge in [-0.2, -0.15) is 0 Å². The Morgan fingerprint density at radius 1 is 1.27 bits per heavy atom. The van der Waals surface area contributed by atoms with E-state index in [4.69, 9.17) is 4.99 Å². The Morgan fingerprint density at radius 3 is 2.86 bits per heavy atom. The van der Waals surface area contributed by atoms with E-state index >= 15 is 0 Å². The fourth-order valence-electron chi connectivity index (χ4n) is 3.27. The minimum atomic E-state index is 0.121. The summed E-state index contributed by atoms with van der Waals surface area (Å²) in [6, 6.07) is 11.7. The average molecular weight is 329 g/mol. The highest BCUT2D eigenvalue weighted by atomic mass is 32.2. The number of aromatic nitrogens is 1. The summed E-state index contributed by atoms with van der Waals surface area (Å²) >= 11 is 3.79. The van der Waals surface area contributed by atoms with Crippen molar-refractivity contribution in [2.75, 3.05) is 5.75 Å². The second kappa shape index (κ2) is 5.70. The van der Waals surface area contributed by atoms with Gasteiger partial charge in [-0.1, -0.05) is 24.8 Å². The molecule has 0 aromatic carbocycles. The minimum absolute atomic E-state index is 0.121. The van der Waals surface area contributed by atoms with E-state index in [1.54, 1.807) is 0 Å². The first-order chi connectivity index (χ1) is 10.8. The number of aliphatic imine (C=N–C) groups is 1. The highest BCUT2D eigenvalue weighted by molar-refractivity contribution is 8.14. The molecule has 4 rings (SSSR count). The van der Waals surface area contributed by atoms with Crippen LogP contribution >= 0.6 is 23.1 Å². The second-order valence-electron chi connectivity index (χ2n) is 5.78. The molecule has 0 aliphatic carbocycles. The Hall–Kier alpha value is -1.33. The van der Waals surface area contributed by atoms with E-state index in [0.29, 0.717) is 12.1 Å². The Balaban J connectivity index is 1.78. The Labute approximate surface area is 139 Å². The van der Waals surface area contributed by atoms with E-state index in [2.05, 4.69) is 48.0 Å². The number of nitrogens with zero attached hydrogens (tertiary/aromatic N) is 3. The van der Waals surface area contributed by atoms with Crippen molar-refractivity contribution in [3.63, 3.8) is 0 Å². The van der Waals surface area contributed by atoms with E-state index in [1.165, 1.54) is 21.3 Å². The van der Waals surface area contributed by atoms with Crippen LogP contribution < -0.4 is 0 Å². The Bertz CT molecular complexity index is 695. The highest BCUT2D eigenvalue weighted by Gasteiger charge is 2.45. The van der Waals surface area contributed by atoms with Crippen LogP contribution in [0.2, 0.25) is 0 Å². The van der Waals surface area contributed by atoms with E-state index in [9.17, 15) is 0 Å². The number of pyridine rings is 1. The van der Waals surface area contributed by atoms with E-state index < -0.39 is 0 Å². The minimum Gasteiger partial charge on any atom is -0.337 e. The van der Waals surface area contributed by atoms with Crippen molar-refractivity contribution in [1.29, 1.82) is 0 Å². The number of thioether (sulfide) groups is 1. The first-order valence-corrected chi connectivity index (χ1v) is 9.54. The molecule has 114 valence electrons. The summed E-state index contributed by atoms with van der Waals surface area (Å²) in [5.41, 5.74) is 1.08. The standard InChI is InChI=1S/C17H19N3S2/c1-3-12-10-21-17-19-15(13-6-4-5-9-18-13)16(20(12)17)14-8-7-11(2)22-14/h4-9,12,15-16H,3,10H2,1-2H3/t12-,15+,16+/m1/s1. The van der Waals surface area contributed by atoms with Gasteiger partial charge in [0.25, 0.3) is 0 Å². The molecule has 2 aromatic heterocycles. The fraction of sp³-hybridized carbons (Fsp3) is 0.412. The van der Waals surface area contributed by atoms with Crippen molar-refractivity contribution in [1.82, 2.24) is 9.88 Å². The van der Waals surface area contributed by atoms with E-state index in [-0.39, 0.29) is 6.04 Å². The van der Waals surface area contributed by atoms with Gasteiger partial charge >= 0.3 is 0 Å². The SMILES string of the molecule is CC[C@@H]1CSC2=N[C@@H](c3ccccn3)[C@H](c3ccc(C)s3)N21. The fourth-order valence-corrected chi connectivity index (χ4v) is 5.62. The van der Waals surface area contributed by atoms with Gasteiger partial charge in [-0.3, -0.25) is 9.98 Å². The lowest BCUT2D eigenvalue weighted by molar-refractivity contribution is 0.258. The molecule has 4 heterocycles. The molecule has 0 spiro atoms. The second-order valence-corrected chi connectivity index (χ2v) is 8.09. The summed E-state index contributed by atoms with van der Waals surface area (Å²) in [5, 5.41) is 1.21. The van der Waals surface area contributed by atoms with Gasteiger partial charge in [-0.25, -0.2) is 0 Å². The molecular weight excluding hydrogens is 310 g/mol. The molecule has 5 heteroatoms. The number of aryl methyl sites for hydroxylation is 1. The number of fused-ring (bicyclic) bond motifs is 1. The molecule has 1 saturated heterocycles. The largest absolute Gasteiger partial charge is 0.337 e. The summed E-state index contributed by atoms with van der Waals surface area (Å²) in [6.45, 7) is 4.45. The third-order valence-corrected chi connectivity index (χ3v) is 6.58. The first kappa shape index (κ1) is 14.3. The van der Waals surface area contributed by atoms with Crippen LogP contribution in [0.25, 0.3) is 0 Å². The van der Waals surface area contributed by atoms with Gasteiger partial charge in [0.15, 0.2) is 5.17 Å². The van der Waals surface area contributed by atoms with Crippen LogP contribution in [0.4, 0.5) is 0 Å². The lowest BCUT2D eigenvalue weighted by Crippen LogP contribution is -2.34. The van der Waals surface area contributed by atoms with Crippen LogP contribution in [-0.2, 0) is 0 Å². The molecule has 3 nitrogen and oxygen atoms in total. The van der Waals surface area contributed by atoms with Crippen molar-refractivity contribution in [3.05, 3.63) is 52.0 Å². The van der Waals surface area contributed by atoms with Gasteiger partial charge in [0.05, 0.1) is 11.7 Å². The monoisotopic (exact) mass is 329 g/mol. The molecule has 0 unspecified atom stereocenters. The third-order valence-electron chi connectivity index (χ3n) is 4.38. The van der Waals surface area contributed by atoms with Crippen LogP contribution in [0.1, 0.15) is 40.9 Å². The Morgan fingerprint density at radius 2 is 2.18 bits per heavy atom. The van der Waals surface area contributed by atoms with E-state index in [0.717, 1.165) is 11.4 Å². The molecule has 2 aliphatic rings. The summed E-state index contributed by atoms with van der Waals surface area (Å²) in [5.74, 6) is 1.16. The zero-order valence-electron chi connectivity index (χ0n) is 12.8. The van der Waals surface area contributed by atoms with Crippen LogP contribution in [0, 0.1) is 6.92 Å². The smallest absolute Gasteiger partial charge is 0.160 e. The van der Waals surface area contributed by atoms with Crippen LogP contribution in [0.15, 0.2) is 41.5 Å². The van der Waals surface area contributed by atoms with Gasteiger partial charge in [-0.15, -0.1) is 11.3 Å². The maximum absolute atomic E-state index is 5.04. The zero-order chi connectivity index (χ0) is 15.1. The topological polar surface area (TPSA) is 28.5 Å². The van der Waals surface area contributed by atoms with Gasteiger partial charge in [0.1, 0.15) is 6.04 Å². The predicted molar refractivity (Wildman–Crippen MR) is 94.6 cm³/mol. The van der Waals surface area contributed by atoms with Crippen molar-refractivity contribution in [3.8, 4) is 0 Å². The maximum atomic E-state index is 5.04. The van der Waals surface area contributed by atoms with Gasteiger partial charge in [0, 0.05) is 27.7 Å². The first-order valence-electron chi connectivity index (χ1n) is 7.74. The molecule has 0 saturated carbocycles. The quantitative estimate of drug-likeness (QED) is 0.834. The van der Waals surface area contributed by atoms with Crippen molar-refractivity contribution in [2.45, 2.75) is 38.4 Å². The number of rotatable bonds is 3. The molecule has 0 radical (unpaired) electrons. The summed E-state index contributed by atoms with van der Waals surface area (Å²) in [4.78, 5) is 14.9. The lowest BCUT2D eigenvalue weighted by Gasteiger charge is -2.30. The van der Waals surface area contributed by atoms with E-state index in [1.807, 2.05) is 35.4 Å². The molecule has 0 bridgehead atoms. The molecular formula is C17H19N3S2.